The molecule has 172 valence electrons. The smallest absolute Gasteiger partial charge is 0.306 e. The van der Waals surface area contributed by atoms with Gasteiger partial charge in [-0.2, -0.15) is 22.0 Å². The number of phenolic OH excluding ortho intramolecular Hbond substituents is 1. The standard InChI is InChI=1S/C21H23N7O4S/c1-26-9-3-10-27(33(26,30)31)11-8-23-20-22-7-6-17(24-20)19-18(15-4-2-5-16(29)14-15)25-21-28(19)12-13-32-21/h2,4-7,12-14,29H,3,8-11H2,1H3,(H,22,23,24). The van der Waals surface area contributed by atoms with Crippen molar-refractivity contribution in [3.8, 4) is 28.4 Å². The quantitative estimate of drug-likeness (QED) is 0.439. The summed E-state index contributed by atoms with van der Waals surface area (Å²) in [7, 11) is -1.82. The highest BCUT2D eigenvalue weighted by Gasteiger charge is 2.30. The summed E-state index contributed by atoms with van der Waals surface area (Å²) in [5.74, 6) is 0.901. The Hall–Kier alpha value is -3.48. The molecule has 0 bridgehead atoms. The minimum Gasteiger partial charge on any atom is -0.508 e. The minimum atomic E-state index is -3.41. The lowest BCUT2D eigenvalue weighted by Gasteiger charge is -2.32. The predicted molar refractivity (Wildman–Crippen MR) is 122 cm³/mol. The number of hydrogen-bond donors (Lipinski definition) is 2. The number of aromatic hydroxyl groups is 1. The zero-order valence-electron chi connectivity index (χ0n) is 17.9. The van der Waals surface area contributed by atoms with Crippen molar-refractivity contribution >= 4 is 22.0 Å². The van der Waals surface area contributed by atoms with Crippen molar-refractivity contribution in [1.82, 2.24) is 28.0 Å². The maximum absolute atomic E-state index is 12.4. The Balaban J connectivity index is 1.41. The molecule has 0 amide bonds. The largest absolute Gasteiger partial charge is 0.508 e. The Morgan fingerprint density at radius 3 is 2.94 bits per heavy atom. The van der Waals surface area contributed by atoms with Crippen molar-refractivity contribution in [3.05, 3.63) is 49.0 Å². The fourth-order valence-electron chi connectivity index (χ4n) is 3.88. The number of rotatable bonds is 6. The van der Waals surface area contributed by atoms with Crippen molar-refractivity contribution in [2.75, 3.05) is 38.5 Å². The van der Waals surface area contributed by atoms with Gasteiger partial charge in [-0.1, -0.05) is 12.1 Å². The van der Waals surface area contributed by atoms with Gasteiger partial charge in [0.25, 0.3) is 10.2 Å². The summed E-state index contributed by atoms with van der Waals surface area (Å²) in [4.78, 5) is 13.5. The fraction of sp³-hybridized carbons (Fsp3) is 0.286. The first-order valence-corrected chi connectivity index (χ1v) is 11.9. The van der Waals surface area contributed by atoms with Crippen LogP contribution in [0.25, 0.3) is 28.5 Å². The molecule has 1 fully saturated rings. The molecule has 1 aliphatic heterocycles. The molecule has 2 N–H and O–H groups in total. The monoisotopic (exact) mass is 469 g/mol. The number of fused-ring (bicyclic) bond motifs is 1. The van der Waals surface area contributed by atoms with E-state index in [0.29, 0.717) is 55.1 Å². The van der Waals surface area contributed by atoms with E-state index in [9.17, 15) is 13.5 Å². The molecule has 0 saturated carbocycles. The number of aromatic nitrogens is 4. The lowest BCUT2D eigenvalue weighted by molar-refractivity contribution is 0.313. The number of benzene rings is 1. The zero-order valence-corrected chi connectivity index (χ0v) is 18.7. The molecule has 4 aromatic rings. The van der Waals surface area contributed by atoms with Crippen molar-refractivity contribution in [3.63, 3.8) is 0 Å². The van der Waals surface area contributed by atoms with Crippen LogP contribution in [-0.4, -0.2) is 74.7 Å². The van der Waals surface area contributed by atoms with E-state index in [1.54, 1.807) is 48.1 Å². The van der Waals surface area contributed by atoms with E-state index in [0.717, 1.165) is 12.0 Å². The molecule has 1 aliphatic rings. The molecular weight excluding hydrogens is 446 g/mol. The van der Waals surface area contributed by atoms with Crippen LogP contribution in [0.5, 0.6) is 5.75 Å². The SMILES string of the molecule is CN1CCCN(CCNc2nccc(-c3c(-c4cccc(O)c4)nc4occn34)n2)S1(=O)=O. The predicted octanol–water partition coefficient (Wildman–Crippen LogP) is 2.05. The number of nitrogens with zero attached hydrogens (tertiary/aromatic N) is 6. The number of nitrogens with one attached hydrogen (secondary N) is 1. The van der Waals surface area contributed by atoms with Gasteiger partial charge < -0.3 is 14.8 Å². The average Bonchev–Trinajstić information content (AvgIpc) is 3.38. The van der Waals surface area contributed by atoms with Crippen LogP contribution in [-0.2, 0) is 10.2 Å². The molecule has 1 saturated heterocycles. The van der Waals surface area contributed by atoms with Crippen LogP contribution in [0.1, 0.15) is 6.42 Å². The molecule has 33 heavy (non-hydrogen) atoms. The van der Waals surface area contributed by atoms with Gasteiger partial charge in [-0.3, -0.25) is 4.40 Å². The first-order valence-electron chi connectivity index (χ1n) is 10.5. The van der Waals surface area contributed by atoms with Crippen LogP contribution in [0.2, 0.25) is 0 Å². The van der Waals surface area contributed by atoms with E-state index in [4.69, 9.17) is 4.42 Å². The number of phenols is 1. The van der Waals surface area contributed by atoms with Gasteiger partial charge in [0.15, 0.2) is 0 Å². The lowest BCUT2D eigenvalue weighted by Crippen LogP contribution is -2.49. The Bertz CT molecular complexity index is 1400. The third kappa shape index (κ3) is 4.03. The number of hydrogen-bond acceptors (Lipinski definition) is 8. The van der Waals surface area contributed by atoms with E-state index in [2.05, 4.69) is 20.3 Å². The van der Waals surface area contributed by atoms with Crippen LogP contribution < -0.4 is 5.32 Å². The van der Waals surface area contributed by atoms with Crippen molar-refractivity contribution in [2.24, 2.45) is 0 Å². The van der Waals surface area contributed by atoms with Gasteiger partial charge in [-0.05, 0) is 24.6 Å². The summed E-state index contributed by atoms with van der Waals surface area (Å²) in [6.07, 6.45) is 5.70. The Labute approximate surface area is 190 Å². The van der Waals surface area contributed by atoms with Crippen LogP contribution >= 0.6 is 0 Å². The summed E-state index contributed by atoms with van der Waals surface area (Å²) < 4.78 is 34.9. The summed E-state index contributed by atoms with van der Waals surface area (Å²) in [5.41, 5.74) is 2.62. The second-order valence-electron chi connectivity index (χ2n) is 7.69. The maximum atomic E-state index is 12.4. The molecule has 5 rings (SSSR count). The highest BCUT2D eigenvalue weighted by atomic mass is 32.2. The maximum Gasteiger partial charge on any atom is 0.306 e. The van der Waals surface area contributed by atoms with Gasteiger partial charge in [0.05, 0.1) is 5.69 Å². The van der Waals surface area contributed by atoms with Crippen LogP contribution in [0.4, 0.5) is 5.95 Å². The van der Waals surface area contributed by atoms with Crippen molar-refractivity contribution < 1.29 is 17.9 Å². The fourth-order valence-corrected chi connectivity index (χ4v) is 5.31. The van der Waals surface area contributed by atoms with Gasteiger partial charge in [0.1, 0.15) is 23.4 Å². The molecule has 4 heterocycles. The van der Waals surface area contributed by atoms with E-state index in [1.165, 1.54) is 14.9 Å². The normalized spacial score (nSPS) is 16.9. The van der Waals surface area contributed by atoms with Gasteiger partial charge in [0, 0.05) is 51.2 Å². The molecule has 0 spiro atoms. The van der Waals surface area contributed by atoms with Crippen molar-refractivity contribution in [2.45, 2.75) is 6.42 Å². The summed E-state index contributed by atoms with van der Waals surface area (Å²) in [6, 6.07) is 8.58. The van der Waals surface area contributed by atoms with E-state index in [-0.39, 0.29) is 5.75 Å². The average molecular weight is 470 g/mol. The number of anilines is 1. The highest BCUT2D eigenvalue weighted by molar-refractivity contribution is 7.86. The summed E-state index contributed by atoms with van der Waals surface area (Å²) in [6.45, 7) is 1.71. The van der Waals surface area contributed by atoms with E-state index >= 15 is 0 Å². The molecule has 0 unspecified atom stereocenters. The van der Waals surface area contributed by atoms with Crippen LogP contribution in [0.15, 0.2) is 53.4 Å². The molecular formula is C21H23N7O4S. The summed E-state index contributed by atoms with van der Waals surface area (Å²) >= 11 is 0. The first kappa shape index (κ1) is 21.4. The van der Waals surface area contributed by atoms with Crippen LogP contribution in [0, 0.1) is 0 Å². The molecule has 3 aromatic heterocycles. The third-order valence-electron chi connectivity index (χ3n) is 5.52. The Kier molecular flexibility index (Phi) is 5.48. The number of imidazole rings is 1. The van der Waals surface area contributed by atoms with Crippen molar-refractivity contribution in [1.29, 1.82) is 0 Å². The molecule has 11 nitrogen and oxygen atoms in total. The minimum absolute atomic E-state index is 0.131. The molecule has 1 aromatic carbocycles. The van der Waals surface area contributed by atoms with E-state index in [1.807, 2.05) is 6.07 Å². The lowest BCUT2D eigenvalue weighted by atomic mass is 10.1. The second-order valence-corrected chi connectivity index (χ2v) is 9.72. The molecule has 0 radical (unpaired) electrons. The van der Waals surface area contributed by atoms with Gasteiger partial charge in [-0.15, -0.1) is 0 Å². The molecule has 12 heteroatoms. The highest BCUT2D eigenvalue weighted by Crippen LogP contribution is 2.33. The van der Waals surface area contributed by atoms with Gasteiger partial charge in [-0.25, -0.2) is 9.97 Å². The van der Waals surface area contributed by atoms with Gasteiger partial charge >= 0.3 is 5.84 Å². The molecule has 0 atom stereocenters. The summed E-state index contributed by atoms with van der Waals surface area (Å²) in [5, 5.41) is 13.0. The second kappa shape index (κ2) is 8.46. The third-order valence-corrected chi connectivity index (χ3v) is 7.51. The van der Waals surface area contributed by atoms with Gasteiger partial charge in [0.2, 0.25) is 5.95 Å². The topological polar surface area (TPSA) is 129 Å². The first-order chi connectivity index (χ1) is 15.9. The number of oxazole rings is 1. The van der Waals surface area contributed by atoms with E-state index < -0.39 is 10.2 Å². The molecule has 0 aliphatic carbocycles. The Morgan fingerprint density at radius 2 is 2.09 bits per heavy atom. The van der Waals surface area contributed by atoms with Crippen LogP contribution in [0.3, 0.4) is 0 Å². The zero-order chi connectivity index (χ0) is 23.0. The Morgan fingerprint density at radius 1 is 1.21 bits per heavy atom.